The molecule has 0 aromatic heterocycles. The molecule has 2 aromatic rings. The van der Waals surface area contributed by atoms with Crippen molar-refractivity contribution in [1.82, 2.24) is 0 Å². The molecule has 0 atom stereocenters. The van der Waals surface area contributed by atoms with Crippen LogP contribution in [0.2, 0.25) is 0 Å². The fourth-order valence-corrected chi connectivity index (χ4v) is 1.86. The van der Waals surface area contributed by atoms with Gasteiger partial charge in [0.25, 0.3) is 0 Å². The monoisotopic (exact) mass is 241 g/mol. The highest BCUT2D eigenvalue weighted by Gasteiger charge is 1.96. The number of rotatable bonds is 6. The van der Waals surface area contributed by atoms with Gasteiger partial charge in [0.15, 0.2) is 0 Å². The smallest absolute Gasteiger partial charge is 0.121 e. The normalized spacial score (nSPS) is 10.1. The Morgan fingerprint density at radius 1 is 1.00 bits per heavy atom. The SMILES string of the molecule is CCOc1cccc(NCCc2ccccc2)c1. The second kappa shape index (κ2) is 6.70. The van der Waals surface area contributed by atoms with Crippen LogP contribution in [-0.2, 0) is 6.42 Å². The van der Waals surface area contributed by atoms with Crippen LogP contribution in [0.5, 0.6) is 5.75 Å². The highest BCUT2D eigenvalue weighted by molar-refractivity contribution is 5.48. The molecule has 0 aliphatic rings. The third kappa shape index (κ3) is 3.81. The molecule has 2 nitrogen and oxygen atoms in total. The van der Waals surface area contributed by atoms with Crippen LogP contribution in [-0.4, -0.2) is 13.2 Å². The van der Waals surface area contributed by atoms with Gasteiger partial charge in [-0.1, -0.05) is 36.4 Å². The zero-order chi connectivity index (χ0) is 12.6. The standard InChI is InChI=1S/C16H19NO/c1-2-18-16-10-6-9-15(13-16)17-12-11-14-7-4-3-5-8-14/h3-10,13,17H,2,11-12H2,1H3. The first-order valence-electron chi connectivity index (χ1n) is 6.39. The molecule has 2 aromatic carbocycles. The average molecular weight is 241 g/mol. The molecule has 0 aliphatic carbocycles. The molecule has 2 rings (SSSR count). The largest absolute Gasteiger partial charge is 0.494 e. The van der Waals surface area contributed by atoms with E-state index in [9.17, 15) is 0 Å². The third-order valence-corrected chi connectivity index (χ3v) is 2.73. The molecule has 0 aliphatic heterocycles. The van der Waals surface area contributed by atoms with Crippen molar-refractivity contribution in [3.05, 3.63) is 60.2 Å². The van der Waals surface area contributed by atoms with Crippen LogP contribution in [0.1, 0.15) is 12.5 Å². The van der Waals surface area contributed by atoms with Gasteiger partial charge in [-0.05, 0) is 31.0 Å². The molecule has 0 amide bonds. The summed E-state index contributed by atoms with van der Waals surface area (Å²) < 4.78 is 5.47. The Balaban J connectivity index is 1.84. The molecular formula is C16H19NO. The van der Waals surface area contributed by atoms with Gasteiger partial charge in [0.2, 0.25) is 0 Å². The van der Waals surface area contributed by atoms with Gasteiger partial charge < -0.3 is 10.1 Å². The average Bonchev–Trinajstić information content (AvgIpc) is 2.41. The Hall–Kier alpha value is -1.96. The van der Waals surface area contributed by atoms with E-state index in [4.69, 9.17) is 4.74 Å². The molecule has 0 heterocycles. The van der Waals surface area contributed by atoms with Gasteiger partial charge in [-0.3, -0.25) is 0 Å². The van der Waals surface area contributed by atoms with E-state index in [1.807, 2.05) is 31.2 Å². The lowest BCUT2D eigenvalue weighted by Gasteiger charge is -2.08. The molecule has 94 valence electrons. The zero-order valence-electron chi connectivity index (χ0n) is 10.7. The van der Waals surface area contributed by atoms with Crippen LogP contribution >= 0.6 is 0 Å². The Kier molecular flexibility index (Phi) is 4.65. The number of hydrogen-bond acceptors (Lipinski definition) is 2. The Labute approximate surface area is 109 Å². The topological polar surface area (TPSA) is 21.3 Å². The van der Waals surface area contributed by atoms with E-state index >= 15 is 0 Å². The fraction of sp³-hybridized carbons (Fsp3) is 0.250. The molecule has 0 spiro atoms. The number of anilines is 1. The molecule has 18 heavy (non-hydrogen) atoms. The first-order valence-corrected chi connectivity index (χ1v) is 6.39. The van der Waals surface area contributed by atoms with Gasteiger partial charge in [-0.2, -0.15) is 0 Å². The minimum Gasteiger partial charge on any atom is -0.494 e. The summed E-state index contributed by atoms with van der Waals surface area (Å²) in [4.78, 5) is 0. The van der Waals surface area contributed by atoms with Gasteiger partial charge in [0.1, 0.15) is 5.75 Å². The number of hydrogen-bond donors (Lipinski definition) is 1. The zero-order valence-corrected chi connectivity index (χ0v) is 10.7. The Bertz CT molecular complexity index is 468. The van der Waals surface area contributed by atoms with E-state index in [1.165, 1.54) is 5.56 Å². The van der Waals surface area contributed by atoms with Crippen molar-refractivity contribution in [3.63, 3.8) is 0 Å². The predicted octanol–water partition coefficient (Wildman–Crippen LogP) is 3.74. The minimum atomic E-state index is 0.702. The summed E-state index contributed by atoms with van der Waals surface area (Å²) in [6, 6.07) is 18.6. The fourth-order valence-electron chi connectivity index (χ4n) is 1.86. The summed E-state index contributed by atoms with van der Waals surface area (Å²) in [7, 11) is 0. The van der Waals surface area contributed by atoms with E-state index in [1.54, 1.807) is 0 Å². The molecule has 0 unspecified atom stereocenters. The van der Waals surface area contributed by atoms with E-state index in [0.29, 0.717) is 6.61 Å². The molecule has 0 radical (unpaired) electrons. The molecule has 2 heteroatoms. The molecular weight excluding hydrogens is 222 g/mol. The van der Waals surface area contributed by atoms with E-state index in [2.05, 4.69) is 35.6 Å². The van der Waals surface area contributed by atoms with Crippen LogP contribution in [0.25, 0.3) is 0 Å². The van der Waals surface area contributed by atoms with Crippen LogP contribution in [0, 0.1) is 0 Å². The van der Waals surface area contributed by atoms with E-state index in [0.717, 1.165) is 24.4 Å². The van der Waals surface area contributed by atoms with Crippen molar-refractivity contribution in [1.29, 1.82) is 0 Å². The summed E-state index contributed by atoms with van der Waals surface area (Å²) in [6.45, 7) is 3.63. The number of nitrogens with one attached hydrogen (secondary N) is 1. The summed E-state index contributed by atoms with van der Waals surface area (Å²) >= 11 is 0. The quantitative estimate of drug-likeness (QED) is 0.831. The van der Waals surface area contributed by atoms with Gasteiger partial charge in [-0.15, -0.1) is 0 Å². The maximum absolute atomic E-state index is 5.47. The summed E-state index contributed by atoms with van der Waals surface area (Å²) in [5.74, 6) is 0.919. The van der Waals surface area contributed by atoms with Gasteiger partial charge in [0.05, 0.1) is 6.61 Å². The summed E-state index contributed by atoms with van der Waals surface area (Å²) in [6.07, 6.45) is 1.03. The van der Waals surface area contributed by atoms with Crippen LogP contribution < -0.4 is 10.1 Å². The van der Waals surface area contributed by atoms with Crippen LogP contribution in [0.4, 0.5) is 5.69 Å². The van der Waals surface area contributed by atoms with Crippen molar-refractivity contribution in [3.8, 4) is 5.75 Å². The van der Waals surface area contributed by atoms with Crippen molar-refractivity contribution in [2.75, 3.05) is 18.5 Å². The highest BCUT2D eigenvalue weighted by atomic mass is 16.5. The van der Waals surface area contributed by atoms with Gasteiger partial charge in [-0.25, -0.2) is 0 Å². The Morgan fingerprint density at radius 2 is 1.83 bits per heavy atom. The first-order chi connectivity index (χ1) is 8.88. The maximum atomic E-state index is 5.47. The molecule has 0 fully saturated rings. The minimum absolute atomic E-state index is 0.702. The van der Waals surface area contributed by atoms with Crippen molar-refractivity contribution >= 4 is 5.69 Å². The lowest BCUT2D eigenvalue weighted by atomic mass is 10.1. The lowest BCUT2D eigenvalue weighted by Crippen LogP contribution is -2.04. The van der Waals surface area contributed by atoms with Gasteiger partial charge >= 0.3 is 0 Å². The molecule has 0 saturated heterocycles. The van der Waals surface area contributed by atoms with Crippen LogP contribution in [0.15, 0.2) is 54.6 Å². The molecule has 0 bridgehead atoms. The summed E-state index contributed by atoms with van der Waals surface area (Å²) in [5.41, 5.74) is 2.46. The van der Waals surface area contributed by atoms with Crippen molar-refractivity contribution in [2.45, 2.75) is 13.3 Å². The van der Waals surface area contributed by atoms with E-state index in [-0.39, 0.29) is 0 Å². The molecule has 1 N–H and O–H groups in total. The Morgan fingerprint density at radius 3 is 2.61 bits per heavy atom. The number of benzene rings is 2. The molecule has 0 saturated carbocycles. The second-order valence-corrected chi connectivity index (χ2v) is 4.12. The van der Waals surface area contributed by atoms with E-state index < -0.39 is 0 Å². The van der Waals surface area contributed by atoms with Crippen LogP contribution in [0.3, 0.4) is 0 Å². The summed E-state index contributed by atoms with van der Waals surface area (Å²) in [5, 5.41) is 3.41. The number of ether oxygens (including phenoxy) is 1. The van der Waals surface area contributed by atoms with Crippen molar-refractivity contribution in [2.24, 2.45) is 0 Å². The lowest BCUT2D eigenvalue weighted by molar-refractivity contribution is 0.340. The maximum Gasteiger partial charge on any atom is 0.121 e. The highest BCUT2D eigenvalue weighted by Crippen LogP contribution is 2.17. The second-order valence-electron chi connectivity index (χ2n) is 4.12. The van der Waals surface area contributed by atoms with Gasteiger partial charge in [0, 0.05) is 18.3 Å². The van der Waals surface area contributed by atoms with Crippen molar-refractivity contribution < 1.29 is 4.74 Å². The predicted molar refractivity (Wildman–Crippen MR) is 76.2 cm³/mol. The first kappa shape index (κ1) is 12.5. The third-order valence-electron chi connectivity index (χ3n) is 2.73.